The second kappa shape index (κ2) is 3.72. The van der Waals surface area contributed by atoms with Crippen molar-refractivity contribution in [3.05, 3.63) is 0 Å². The highest BCUT2D eigenvalue weighted by Crippen LogP contribution is 2.34. The molecule has 2 amide bonds. The molecule has 2 rings (SSSR count). The quantitative estimate of drug-likeness (QED) is 0.745. The highest BCUT2D eigenvalue weighted by atomic mass is 16.4. The SMILES string of the molecule is CN1C(=O)N(CC(=O)O)CC1C1CCC1. The molecule has 0 aromatic heterocycles. The topological polar surface area (TPSA) is 60.9 Å². The average Bonchev–Trinajstić information content (AvgIpc) is 2.30. The summed E-state index contributed by atoms with van der Waals surface area (Å²) >= 11 is 0. The molecule has 0 aromatic carbocycles. The first-order chi connectivity index (χ1) is 7.09. The van der Waals surface area contributed by atoms with Gasteiger partial charge in [-0.15, -0.1) is 0 Å². The maximum atomic E-state index is 11.7. The van der Waals surface area contributed by atoms with Gasteiger partial charge in [0, 0.05) is 13.6 Å². The number of hydrogen-bond donors (Lipinski definition) is 1. The molecule has 1 heterocycles. The van der Waals surface area contributed by atoms with Crippen LogP contribution in [0.1, 0.15) is 19.3 Å². The van der Waals surface area contributed by atoms with Gasteiger partial charge in [0.2, 0.25) is 0 Å². The summed E-state index contributed by atoms with van der Waals surface area (Å²) in [6, 6.07) is 0.0832. The van der Waals surface area contributed by atoms with E-state index in [0.717, 1.165) is 0 Å². The summed E-state index contributed by atoms with van der Waals surface area (Å²) in [6.45, 7) is 0.401. The van der Waals surface area contributed by atoms with Gasteiger partial charge in [0.25, 0.3) is 0 Å². The number of hydrogen-bond acceptors (Lipinski definition) is 2. The predicted molar refractivity (Wildman–Crippen MR) is 53.5 cm³/mol. The normalized spacial score (nSPS) is 27.0. The molecule has 15 heavy (non-hydrogen) atoms. The minimum Gasteiger partial charge on any atom is -0.480 e. The number of carboxylic acid groups (broad SMARTS) is 1. The van der Waals surface area contributed by atoms with Crippen LogP contribution in [0.4, 0.5) is 4.79 Å². The van der Waals surface area contributed by atoms with E-state index >= 15 is 0 Å². The Kier molecular flexibility index (Phi) is 2.54. The van der Waals surface area contributed by atoms with Gasteiger partial charge in [-0.3, -0.25) is 4.79 Å². The van der Waals surface area contributed by atoms with Crippen molar-refractivity contribution in [3.8, 4) is 0 Å². The Labute approximate surface area is 88.6 Å². The van der Waals surface area contributed by atoms with Gasteiger partial charge in [-0.2, -0.15) is 0 Å². The van der Waals surface area contributed by atoms with Gasteiger partial charge in [-0.25, -0.2) is 4.79 Å². The number of carbonyl (C=O) groups excluding carboxylic acids is 1. The fourth-order valence-electron chi connectivity index (χ4n) is 2.38. The summed E-state index contributed by atoms with van der Waals surface area (Å²) < 4.78 is 0. The average molecular weight is 212 g/mol. The lowest BCUT2D eigenvalue weighted by atomic mass is 9.79. The number of nitrogens with zero attached hydrogens (tertiary/aromatic N) is 2. The highest BCUT2D eigenvalue weighted by Gasteiger charge is 2.41. The molecule has 1 N–H and O–H groups in total. The lowest BCUT2D eigenvalue weighted by Crippen LogP contribution is -2.39. The third kappa shape index (κ3) is 1.78. The van der Waals surface area contributed by atoms with Crippen molar-refractivity contribution in [1.29, 1.82) is 0 Å². The molecule has 2 aliphatic rings. The van der Waals surface area contributed by atoms with Crippen LogP contribution >= 0.6 is 0 Å². The van der Waals surface area contributed by atoms with Crippen LogP contribution in [0.3, 0.4) is 0 Å². The van der Waals surface area contributed by atoms with Gasteiger partial charge in [-0.05, 0) is 18.8 Å². The third-order valence-corrected chi connectivity index (χ3v) is 3.50. The van der Waals surface area contributed by atoms with Crippen molar-refractivity contribution in [3.63, 3.8) is 0 Å². The predicted octanol–water partition coefficient (Wildman–Crippen LogP) is 0.607. The van der Waals surface area contributed by atoms with Gasteiger partial charge < -0.3 is 14.9 Å². The van der Waals surface area contributed by atoms with Crippen LogP contribution in [0.2, 0.25) is 0 Å². The largest absolute Gasteiger partial charge is 0.480 e. The molecule has 5 heteroatoms. The van der Waals surface area contributed by atoms with E-state index in [4.69, 9.17) is 5.11 Å². The molecule has 5 nitrogen and oxygen atoms in total. The lowest BCUT2D eigenvalue weighted by Gasteiger charge is -2.34. The molecule has 1 unspecified atom stereocenters. The van der Waals surface area contributed by atoms with E-state index in [2.05, 4.69) is 0 Å². The number of aliphatic carboxylic acids is 1. The van der Waals surface area contributed by atoms with Gasteiger partial charge in [-0.1, -0.05) is 6.42 Å². The number of rotatable bonds is 3. The molecular formula is C10H16N2O3. The molecule has 0 aromatic rings. The van der Waals surface area contributed by atoms with Crippen LogP contribution in [0.15, 0.2) is 0 Å². The minimum absolute atomic E-state index is 0.144. The van der Waals surface area contributed by atoms with Gasteiger partial charge in [0.15, 0.2) is 0 Å². The summed E-state index contributed by atoms with van der Waals surface area (Å²) in [5.41, 5.74) is 0. The number of amides is 2. The van der Waals surface area contributed by atoms with E-state index in [1.54, 1.807) is 11.9 Å². The fraction of sp³-hybridized carbons (Fsp3) is 0.800. The first kappa shape index (κ1) is 10.3. The minimum atomic E-state index is -0.939. The molecule has 1 aliphatic heterocycles. The smallest absolute Gasteiger partial charge is 0.323 e. The number of urea groups is 1. The molecule has 84 valence electrons. The Hall–Kier alpha value is -1.26. The van der Waals surface area contributed by atoms with Crippen molar-refractivity contribution < 1.29 is 14.7 Å². The summed E-state index contributed by atoms with van der Waals surface area (Å²) in [6.07, 6.45) is 3.58. The van der Waals surface area contributed by atoms with E-state index in [-0.39, 0.29) is 18.6 Å². The zero-order chi connectivity index (χ0) is 11.0. The zero-order valence-corrected chi connectivity index (χ0v) is 8.85. The van der Waals surface area contributed by atoms with Gasteiger partial charge in [0.05, 0.1) is 6.04 Å². The maximum Gasteiger partial charge on any atom is 0.323 e. The molecule has 2 fully saturated rings. The van der Waals surface area contributed by atoms with Crippen LogP contribution in [0, 0.1) is 5.92 Å². The van der Waals surface area contributed by atoms with E-state index in [1.807, 2.05) is 0 Å². The number of carboxylic acids is 1. The number of carbonyl (C=O) groups is 2. The third-order valence-electron chi connectivity index (χ3n) is 3.50. The van der Waals surface area contributed by atoms with Crippen LogP contribution in [-0.4, -0.2) is 53.1 Å². The Morgan fingerprint density at radius 3 is 2.67 bits per heavy atom. The molecule has 0 spiro atoms. The Balaban J connectivity index is 1.99. The monoisotopic (exact) mass is 212 g/mol. The summed E-state index contributed by atoms with van der Waals surface area (Å²) in [5.74, 6) is -0.358. The molecule has 0 bridgehead atoms. The first-order valence-electron chi connectivity index (χ1n) is 5.33. The van der Waals surface area contributed by atoms with Crippen LogP contribution < -0.4 is 0 Å². The second-order valence-corrected chi connectivity index (χ2v) is 4.43. The van der Waals surface area contributed by atoms with Crippen LogP contribution in [-0.2, 0) is 4.79 Å². The zero-order valence-electron chi connectivity index (χ0n) is 8.85. The molecule has 1 aliphatic carbocycles. The molecule has 1 saturated carbocycles. The molecule has 1 saturated heterocycles. The van der Waals surface area contributed by atoms with Crippen molar-refractivity contribution in [1.82, 2.24) is 9.80 Å². The van der Waals surface area contributed by atoms with Crippen molar-refractivity contribution in [2.24, 2.45) is 5.92 Å². The van der Waals surface area contributed by atoms with Crippen molar-refractivity contribution in [2.75, 3.05) is 20.1 Å². The Morgan fingerprint density at radius 1 is 1.53 bits per heavy atom. The number of likely N-dealkylation sites (N-methyl/N-ethyl adjacent to an activating group) is 1. The van der Waals surface area contributed by atoms with E-state index in [0.29, 0.717) is 12.5 Å². The standard InChI is InChI=1S/C10H16N2O3/c1-11-8(7-3-2-4-7)5-12(10(11)15)6-9(13)14/h7-8H,2-6H2,1H3,(H,13,14). The van der Waals surface area contributed by atoms with Gasteiger partial charge in [0.1, 0.15) is 6.54 Å². The highest BCUT2D eigenvalue weighted by molar-refractivity contribution is 5.82. The fourth-order valence-corrected chi connectivity index (χ4v) is 2.38. The van der Waals surface area contributed by atoms with Crippen molar-refractivity contribution in [2.45, 2.75) is 25.3 Å². The molecule has 0 radical (unpaired) electrons. The van der Waals surface area contributed by atoms with E-state index in [9.17, 15) is 9.59 Å². The van der Waals surface area contributed by atoms with Crippen molar-refractivity contribution >= 4 is 12.0 Å². The maximum absolute atomic E-state index is 11.7. The molecular weight excluding hydrogens is 196 g/mol. The summed E-state index contributed by atoms with van der Waals surface area (Å²) in [4.78, 5) is 25.4. The Bertz CT molecular complexity index is 288. The van der Waals surface area contributed by atoms with Gasteiger partial charge >= 0.3 is 12.0 Å². The second-order valence-electron chi connectivity index (χ2n) is 4.43. The lowest BCUT2D eigenvalue weighted by molar-refractivity contribution is -0.137. The Morgan fingerprint density at radius 2 is 2.20 bits per heavy atom. The first-order valence-corrected chi connectivity index (χ1v) is 5.33. The van der Waals surface area contributed by atoms with Crippen LogP contribution in [0.25, 0.3) is 0 Å². The van der Waals surface area contributed by atoms with E-state index < -0.39 is 5.97 Å². The van der Waals surface area contributed by atoms with Crippen LogP contribution in [0.5, 0.6) is 0 Å². The summed E-state index contributed by atoms with van der Waals surface area (Å²) in [5, 5.41) is 8.66. The molecule has 1 atom stereocenters. The summed E-state index contributed by atoms with van der Waals surface area (Å²) in [7, 11) is 1.77. The van der Waals surface area contributed by atoms with E-state index in [1.165, 1.54) is 24.2 Å².